The van der Waals surface area contributed by atoms with E-state index in [9.17, 15) is 10.1 Å². The number of rotatable bonds is 3. The Morgan fingerprint density at radius 3 is 2.16 bits per heavy atom. The van der Waals surface area contributed by atoms with Crippen molar-refractivity contribution in [2.45, 2.75) is 26.2 Å². The minimum absolute atomic E-state index is 0.121. The van der Waals surface area contributed by atoms with Gasteiger partial charge in [-0.05, 0) is 35.2 Å². The molecule has 0 aliphatic rings. The zero-order valence-corrected chi connectivity index (χ0v) is 18.4. The van der Waals surface area contributed by atoms with Crippen molar-refractivity contribution >= 4 is 27.5 Å². The van der Waals surface area contributed by atoms with Crippen LogP contribution in [-0.2, 0) is 5.41 Å². The maximum absolute atomic E-state index is 12.0. The first-order valence-electron chi connectivity index (χ1n) is 10.7. The van der Waals surface area contributed by atoms with Gasteiger partial charge in [0, 0.05) is 28.1 Å². The summed E-state index contributed by atoms with van der Waals surface area (Å²) in [5.41, 5.74) is 5.66. The lowest BCUT2D eigenvalue weighted by Gasteiger charge is -2.20. The molecule has 0 amide bonds. The second-order valence-corrected chi connectivity index (χ2v) is 9.13. The van der Waals surface area contributed by atoms with E-state index < -0.39 is 0 Å². The second kappa shape index (κ2) is 7.34. The van der Waals surface area contributed by atoms with Crippen LogP contribution in [-0.4, -0.2) is 9.49 Å². The van der Waals surface area contributed by atoms with Crippen LogP contribution >= 0.6 is 0 Å². The zero-order valence-electron chi connectivity index (χ0n) is 18.4. The molecule has 0 saturated heterocycles. The number of nitro groups is 1. The normalized spacial score (nSPS) is 11.8. The van der Waals surface area contributed by atoms with E-state index in [0.29, 0.717) is 5.56 Å². The highest BCUT2D eigenvalue weighted by Gasteiger charge is 2.24. The monoisotopic (exact) mass is 420 g/mol. The Hall–Kier alpha value is -3.92. The summed E-state index contributed by atoms with van der Waals surface area (Å²) in [6.07, 6.45) is 0. The number of nitrogens with zero attached hydrogens (tertiary/aromatic N) is 2. The van der Waals surface area contributed by atoms with Crippen LogP contribution in [0, 0.1) is 10.1 Å². The molecule has 0 aliphatic heterocycles. The fraction of sp³-hybridized carbons (Fsp3) is 0.143. The summed E-state index contributed by atoms with van der Waals surface area (Å²) >= 11 is 0. The van der Waals surface area contributed by atoms with Gasteiger partial charge in [-0.25, -0.2) is 0 Å². The fourth-order valence-electron chi connectivity index (χ4n) is 4.46. The molecule has 0 saturated carbocycles. The third kappa shape index (κ3) is 3.16. The van der Waals surface area contributed by atoms with Crippen LogP contribution in [0.15, 0.2) is 91.0 Å². The summed E-state index contributed by atoms with van der Waals surface area (Å²) in [6, 6.07) is 30.0. The van der Waals surface area contributed by atoms with Gasteiger partial charge in [0.05, 0.1) is 21.5 Å². The first-order chi connectivity index (χ1) is 15.4. The molecule has 4 aromatic carbocycles. The predicted octanol–water partition coefficient (Wildman–Crippen LogP) is 7.66. The SMILES string of the molecule is CC(C)(C)c1ccc([N+](=O)[O-])c(-c2cccc3c4ccccc4n(-c4ccccc4)c23)c1. The Morgan fingerprint density at radius 2 is 1.44 bits per heavy atom. The van der Waals surface area contributed by atoms with Crippen molar-refractivity contribution in [1.29, 1.82) is 0 Å². The first kappa shape index (κ1) is 20.0. The Balaban J connectivity index is 1.95. The smallest absolute Gasteiger partial charge is 0.277 e. The van der Waals surface area contributed by atoms with E-state index >= 15 is 0 Å². The Kier molecular flexibility index (Phi) is 4.59. The summed E-state index contributed by atoms with van der Waals surface area (Å²) in [5.74, 6) is 0. The van der Waals surface area contributed by atoms with E-state index in [4.69, 9.17) is 0 Å². The standard InChI is InChI=1S/C28H24N2O2/c1-28(2,3)19-16-17-26(30(31)32)24(18-19)23-14-9-13-22-21-12-7-8-15-25(21)29(27(22)23)20-10-5-4-6-11-20/h4-18H,1-3H3. The molecule has 1 aromatic heterocycles. The third-order valence-electron chi connectivity index (χ3n) is 6.06. The molecule has 5 aromatic rings. The molecule has 4 heteroatoms. The molecule has 158 valence electrons. The number of nitro benzene ring substituents is 1. The third-order valence-corrected chi connectivity index (χ3v) is 6.06. The van der Waals surface area contributed by atoms with Gasteiger partial charge in [0.1, 0.15) is 0 Å². The molecule has 0 N–H and O–H groups in total. The highest BCUT2D eigenvalue weighted by molar-refractivity contribution is 6.14. The molecule has 0 spiro atoms. The number of hydrogen-bond donors (Lipinski definition) is 0. The highest BCUT2D eigenvalue weighted by atomic mass is 16.6. The zero-order chi connectivity index (χ0) is 22.5. The van der Waals surface area contributed by atoms with Gasteiger partial charge in [0.15, 0.2) is 0 Å². The summed E-state index contributed by atoms with van der Waals surface area (Å²) in [7, 11) is 0. The molecule has 5 rings (SSSR count). The van der Waals surface area contributed by atoms with Crippen LogP contribution in [0.5, 0.6) is 0 Å². The van der Waals surface area contributed by atoms with Crippen LogP contribution in [0.3, 0.4) is 0 Å². The van der Waals surface area contributed by atoms with Crippen LogP contribution in [0.1, 0.15) is 26.3 Å². The molecule has 0 aliphatic carbocycles. The Morgan fingerprint density at radius 1 is 0.750 bits per heavy atom. The fourth-order valence-corrected chi connectivity index (χ4v) is 4.46. The maximum Gasteiger partial charge on any atom is 0.277 e. The summed E-state index contributed by atoms with van der Waals surface area (Å²) in [4.78, 5) is 11.7. The molecular weight excluding hydrogens is 396 g/mol. The van der Waals surface area contributed by atoms with Gasteiger partial charge in [-0.3, -0.25) is 10.1 Å². The van der Waals surface area contributed by atoms with Gasteiger partial charge >= 0.3 is 0 Å². The topological polar surface area (TPSA) is 48.1 Å². The van der Waals surface area contributed by atoms with Crippen molar-refractivity contribution < 1.29 is 4.92 Å². The average molecular weight is 421 g/mol. The molecule has 32 heavy (non-hydrogen) atoms. The van der Waals surface area contributed by atoms with E-state index in [2.05, 4.69) is 55.7 Å². The van der Waals surface area contributed by atoms with Crippen molar-refractivity contribution in [2.24, 2.45) is 0 Å². The number of aromatic nitrogens is 1. The largest absolute Gasteiger partial charge is 0.309 e. The summed E-state index contributed by atoms with van der Waals surface area (Å²) < 4.78 is 2.22. The predicted molar refractivity (Wildman–Crippen MR) is 132 cm³/mol. The van der Waals surface area contributed by atoms with E-state index in [1.54, 1.807) is 6.07 Å². The van der Waals surface area contributed by atoms with E-state index in [0.717, 1.165) is 38.6 Å². The second-order valence-electron chi connectivity index (χ2n) is 9.13. The van der Waals surface area contributed by atoms with Gasteiger partial charge < -0.3 is 4.57 Å². The minimum atomic E-state index is -0.282. The van der Waals surface area contributed by atoms with Crippen molar-refractivity contribution in [3.05, 3.63) is 107 Å². The summed E-state index contributed by atoms with van der Waals surface area (Å²) in [6.45, 7) is 6.37. The number of hydrogen-bond acceptors (Lipinski definition) is 2. The van der Waals surface area contributed by atoms with E-state index in [1.807, 2.05) is 54.6 Å². The van der Waals surface area contributed by atoms with Gasteiger partial charge in [-0.1, -0.05) is 81.4 Å². The maximum atomic E-state index is 12.0. The molecule has 0 bridgehead atoms. The summed E-state index contributed by atoms with van der Waals surface area (Å²) in [5, 5.41) is 14.2. The Labute approximate surface area is 186 Å². The quantitative estimate of drug-likeness (QED) is 0.222. The molecule has 0 fully saturated rings. The van der Waals surface area contributed by atoms with E-state index in [-0.39, 0.29) is 16.0 Å². The first-order valence-corrected chi connectivity index (χ1v) is 10.7. The lowest BCUT2D eigenvalue weighted by Crippen LogP contribution is -2.11. The molecule has 4 nitrogen and oxygen atoms in total. The van der Waals surface area contributed by atoms with E-state index in [1.165, 1.54) is 0 Å². The lowest BCUT2D eigenvalue weighted by atomic mass is 9.84. The molecular formula is C28H24N2O2. The molecule has 0 radical (unpaired) electrons. The van der Waals surface area contributed by atoms with Gasteiger partial charge in [0.25, 0.3) is 5.69 Å². The average Bonchev–Trinajstić information content (AvgIpc) is 3.13. The lowest BCUT2D eigenvalue weighted by molar-refractivity contribution is -0.384. The van der Waals surface area contributed by atoms with Gasteiger partial charge in [-0.2, -0.15) is 0 Å². The minimum Gasteiger partial charge on any atom is -0.309 e. The van der Waals surface area contributed by atoms with Crippen LogP contribution in [0.4, 0.5) is 5.69 Å². The molecule has 0 atom stereocenters. The number of benzene rings is 4. The van der Waals surface area contributed by atoms with Crippen molar-refractivity contribution in [1.82, 2.24) is 4.57 Å². The van der Waals surface area contributed by atoms with Gasteiger partial charge in [0.2, 0.25) is 0 Å². The highest BCUT2D eigenvalue weighted by Crippen LogP contribution is 2.42. The van der Waals surface area contributed by atoms with Crippen molar-refractivity contribution in [3.63, 3.8) is 0 Å². The van der Waals surface area contributed by atoms with Crippen molar-refractivity contribution in [3.8, 4) is 16.8 Å². The number of fused-ring (bicyclic) bond motifs is 3. The van der Waals surface area contributed by atoms with Crippen LogP contribution < -0.4 is 0 Å². The van der Waals surface area contributed by atoms with Crippen LogP contribution in [0.25, 0.3) is 38.6 Å². The molecule has 1 heterocycles. The van der Waals surface area contributed by atoms with Crippen molar-refractivity contribution in [2.75, 3.05) is 0 Å². The van der Waals surface area contributed by atoms with Crippen LogP contribution in [0.2, 0.25) is 0 Å². The number of para-hydroxylation sites is 3. The van der Waals surface area contributed by atoms with Gasteiger partial charge in [-0.15, -0.1) is 0 Å². The molecule has 0 unspecified atom stereocenters. The Bertz CT molecular complexity index is 1470.